The zero-order valence-corrected chi connectivity index (χ0v) is 19.4. The molecule has 0 spiro atoms. The second-order valence-electron chi connectivity index (χ2n) is 8.38. The van der Waals surface area contributed by atoms with Gasteiger partial charge in [-0.3, -0.25) is 19.0 Å². The fourth-order valence-electron chi connectivity index (χ4n) is 4.94. The summed E-state index contributed by atoms with van der Waals surface area (Å²) in [5.41, 5.74) is 1.93. The van der Waals surface area contributed by atoms with Gasteiger partial charge in [0.25, 0.3) is 11.5 Å². The lowest BCUT2D eigenvalue weighted by Crippen LogP contribution is -2.42. The molecule has 0 atom stereocenters. The molecule has 1 fully saturated rings. The van der Waals surface area contributed by atoms with Crippen molar-refractivity contribution in [1.82, 2.24) is 14.3 Å². The molecule has 5 aromatic rings. The summed E-state index contributed by atoms with van der Waals surface area (Å²) in [4.78, 5) is 32.7. The molecule has 4 heterocycles. The van der Waals surface area contributed by atoms with Crippen molar-refractivity contribution in [2.24, 2.45) is 0 Å². The summed E-state index contributed by atoms with van der Waals surface area (Å²) in [6.45, 7) is 2.17. The van der Waals surface area contributed by atoms with Gasteiger partial charge in [-0.1, -0.05) is 0 Å². The Balaban J connectivity index is 1.51. The number of carbonyl (C=O) groups excluding carboxylic acids is 1. The van der Waals surface area contributed by atoms with Crippen molar-refractivity contribution in [3.8, 4) is 17.2 Å². The van der Waals surface area contributed by atoms with Crippen LogP contribution in [0.4, 0.5) is 0 Å². The summed E-state index contributed by atoms with van der Waals surface area (Å²) in [5.74, 6) is 1.34. The number of nitrogens with zero attached hydrogens (tertiary/aromatic N) is 3. The van der Waals surface area contributed by atoms with E-state index in [4.69, 9.17) is 18.9 Å². The van der Waals surface area contributed by atoms with Crippen LogP contribution in [0.25, 0.3) is 38.1 Å². The van der Waals surface area contributed by atoms with E-state index in [9.17, 15) is 9.59 Å². The highest BCUT2D eigenvalue weighted by molar-refractivity contribution is 6.19. The van der Waals surface area contributed by atoms with Crippen LogP contribution >= 0.6 is 0 Å². The molecule has 1 aliphatic heterocycles. The third-order valence-corrected chi connectivity index (χ3v) is 6.59. The summed E-state index contributed by atoms with van der Waals surface area (Å²) in [7, 11) is 3.06. The number of hydrogen-bond acceptors (Lipinski definition) is 7. The van der Waals surface area contributed by atoms with Crippen molar-refractivity contribution in [1.29, 1.82) is 0 Å². The van der Waals surface area contributed by atoms with E-state index in [1.165, 1.54) is 7.11 Å². The first-order chi connectivity index (χ1) is 17.1. The predicted molar refractivity (Wildman–Crippen MR) is 131 cm³/mol. The molecule has 0 N–H and O–H groups in total. The SMILES string of the molecule is COc1ccc2c(c1OC)c(=O)n1c3ccc(OCC(=O)N4CCOCC4)cc3c3ccnc2c31. The van der Waals surface area contributed by atoms with Gasteiger partial charge in [0.15, 0.2) is 18.1 Å². The number of methoxy groups -OCH3 is 2. The molecule has 35 heavy (non-hydrogen) atoms. The molecule has 9 nitrogen and oxygen atoms in total. The Bertz CT molecular complexity index is 1650. The lowest BCUT2D eigenvalue weighted by molar-refractivity contribution is -0.137. The number of rotatable bonds is 5. The molecule has 1 amide bonds. The van der Waals surface area contributed by atoms with Gasteiger partial charge in [-0.15, -0.1) is 0 Å². The molecular formula is C26H23N3O6. The normalized spacial score (nSPS) is 14.3. The number of carbonyl (C=O) groups is 1. The van der Waals surface area contributed by atoms with E-state index >= 15 is 0 Å². The number of fused-ring (bicyclic) bond motifs is 5. The predicted octanol–water partition coefficient (Wildman–Crippen LogP) is 2.85. The van der Waals surface area contributed by atoms with Crippen LogP contribution in [0.5, 0.6) is 17.2 Å². The van der Waals surface area contributed by atoms with Crippen LogP contribution in [-0.4, -0.2) is 67.3 Å². The van der Waals surface area contributed by atoms with Gasteiger partial charge in [-0.25, -0.2) is 0 Å². The number of morpholine rings is 1. The van der Waals surface area contributed by atoms with E-state index in [1.807, 2.05) is 24.3 Å². The van der Waals surface area contributed by atoms with Crippen molar-refractivity contribution in [2.75, 3.05) is 47.1 Å². The molecule has 3 aromatic heterocycles. The Hall–Kier alpha value is -4.11. The molecule has 0 radical (unpaired) electrons. The molecule has 9 heteroatoms. The van der Waals surface area contributed by atoms with Gasteiger partial charge in [-0.2, -0.15) is 0 Å². The molecule has 0 saturated carbocycles. The van der Waals surface area contributed by atoms with Gasteiger partial charge in [0.1, 0.15) is 5.75 Å². The number of hydrogen-bond donors (Lipinski definition) is 0. The minimum atomic E-state index is -0.215. The first-order valence-electron chi connectivity index (χ1n) is 11.3. The van der Waals surface area contributed by atoms with Crippen LogP contribution in [0.3, 0.4) is 0 Å². The second-order valence-corrected chi connectivity index (χ2v) is 8.38. The average Bonchev–Trinajstić information content (AvgIpc) is 3.24. The number of benzene rings is 2. The standard InChI is InChI=1S/C26H23N3O6/c1-32-20-6-4-17-22(25(20)33-2)26(31)29-19-5-3-15(35-14-21(30)28-9-11-34-12-10-28)13-18(19)16-7-8-27-23(17)24(16)29/h3-8,13H,9-12,14H2,1-2H3. The van der Waals surface area contributed by atoms with Crippen LogP contribution < -0.4 is 19.8 Å². The Kier molecular flexibility index (Phi) is 5.07. The third-order valence-electron chi connectivity index (χ3n) is 6.59. The highest BCUT2D eigenvalue weighted by Gasteiger charge is 2.22. The lowest BCUT2D eigenvalue weighted by Gasteiger charge is -2.26. The molecule has 0 unspecified atom stereocenters. The van der Waals surface area contributed by atoms with Crippen molar-refractivity contribution >= 4 is 44.0 Å². The summed E-state index contributed by atoms with van der Waals surface area (Å²) in [6, 6.07) is 11.0. The highest BCUT2D eigenvalue weighted by atomic mass is 16.5. The number of pyridine rings is 2. The molecule has 178 valence electrons. The van der Waals surface area contributed by atoms with Crippen molar-refractivity contribution in [2.45, 2.75) is 0 Å². The fourth-order valence-corrected chi connectivity index (χ4v) is 4.94. The van der Waals surface area contributed by atoms with E-state index < -0.39 is 0 Å². The van der Waals surface area contributed by atoms with E-state index in [1.54, 1.807) is 34.7 Å². The average molecular weight is 473 g/mol. The van der Waals surface area contributed by atoms with E-state index in [0.717, 1.165) is 21.8 Å². The van der Waals surface area contributed by atoms with Gasteiger partial charge >= 0.3 is 0 Å². The Morgan fingerprint density at radius 2 is 1.86 bits per heavy atom. The maximum Gasteiger partial charge on any atom is 0.267 e. The number of amides is 1. The Labute approximate surface area is 199 Å². The van der Waals surface area contributed by atoms with E-state index in [-0.39, 0.29) is 18.1 Å². The minimum absolute atomic E-state index is 0.0572. The molecule has 2 aromatic carbocycles. The van der Waals surface area contributed by atoms with Gasteiger partial charge in [-0.05, 0) is 36.4 Å². The van der Waals surface area contributed by atoms with Gasteiger partial charge in [0, 0.05) is 35.4 Å². The van der Waals surface area contributed by atoms with Gasteiger partial charge < -0.3 is 23.8 Å². The van der Waals surface area contributed by atoms with Crippen LogP contribution in [0.2, 0.25) is 0 Å². The molecule has 1 saturated heterocycles. The summed E-state index contributed by atoms with van der Waals surface area (Å²) in [6.07, 6.45) is 1.73. The maximum atomic E-state index is 13.8. The van der Waals surface area contributed by atoms with Crippen LogP contribution in [0, 0.1) is 0 Å². The van der Waals surface area contributed by atoms with E-state index in [2.05, 4.69) is 4.98 Å². The van der Waals surface area contributed by atoms with Crippen molar-refractivity contribution in [3.63, 3.8) is 0 Å². The van der Waals surface area contributed by atoms with Crippen LogP contribution in [0.1, 0.15) is 0 Å². The van der Waals surface area contributed by atoms with Crippen LogP contribution in [0.15, 0.2) is 47.4 Å². The van der Waals surface area contributed by atoms with Crippen molar-refractivity contribution in [3.05, 3.63) is 52.9 Å². The first kappa shape index (κ1) is 21.4. The lowest BCUT2D eigenvalue weighted by atomic mass is 10.1. The largest absolute Gasteiger partial charge is 0.493 e. The quantitative estimate of drug-likeness (QED) is 0.363. The van der Waals surface area contributed by atoms with Crippen LogP contribution in [-0.2, 0) is 9.53 Å². The Morgan fingerprint density at radius 1 is 1.03 bits per heavy atom. The third kappa shape index (κ3) is 3.23. The molecule has 0 bridgehead atoms. The highest BCUT2D eigenvalue weighted by Crippen LogP contribution is 2.39. The number of ether oxygens (including phenoxy) is 4. The second kappa shape index (κ2) is 8.28. The molecule has 6 rings (SSSR count). The summed E-state index contributed by atoms with van der Waals surface area (Å²) >= 11 is 0. The maximum absolute atomic E-state index is 13.8. The zero-order chi connectivity index (χ0) is 24.1. The minimum Gasteiger partial charge on any atom is -0.493 e. The zero-order valence-electron chi connectivity index (χ0n) is 19.4. The molecule has 1 aliphatic rings. The summed E-state index contributed by atoms with van der Waals surface area (Å²) in [5, 5.41) is 2.82. The van der Waals surface area contributed by atoms with E-state index in [0.29, 0.717) is 59.8 Å². The number of aromatic nitrogens is 2. The van der Waals surface area contributed by atoms with Gasteiger partial charge in [0.05, 0.1) is 49.4 Å². The molecule has 0 aliphatic carbocycles. The monoisotopic (exact) mass is 473 g/mol. The van der Waals surface area contributed by atoms with Gasteiger partial charge in [0.2, 0.25) is 0 Å². The topological polar surface area (TPSA) is 91.6 Å². The first-order valence-corrected chi connectivity index (χ1v) is 11.3. The molecular weight excluding hydrogens is 450 g/mol. The Morgan fingerprint density at radius 3 is 2.63 bits per heavy atom. The van der Waals surface area contributed by atoms with Crippen molar-refractivity contribution < 1.29 is 23.7 Å². The fraction of sp³-hybridized carbons (Fsp3) is 0.269. The summed E-state index contributed by atoms with van der Waals surface area (Å²) < 4.78 is 23.8. The smallest absolute Gasteiger partial charge is 0.267 e.